The van der Waals surface area contributed by atoms with Crippen LogP contribution < -0.4 is 0 Å². The number of thioether (sulfide) groups is 1. The topological polar surface area (TPSA) is 23.5 Å². The molecule has 1 N–H and O–H groups in total. The summed E-state index contributed by atoms with van der Waals surface area (Å²) in [6, 6.07) is 3.67. The first-order valence-electron chi connectivity index (χ1n) is 6.10. The molecule has 5 heteroatoms. The molecule has 0 aromatic heterocycles. The minimum Gasteiger partial charge on any atom is -0.387 e. The maximum absolute atomic E-state index is 13.5. The Labute approximate surface area is 110 Å². The van der Waals surface area contributed by atoms with Crippen LogP contribution >= 0.6 is 11.8 Å². The van der Waals surface area contributed by atoms with Gasteiger partial charge in [-0.15, -0.1) is 0 Å². The minimum atomic E-state index is -1.10. The van der Waals surface area contributed by atoms with Crippen molar-refractivity contribution in [2.45, 2.75) is 12.5 Å². The molecule has 0 spiro atoms. The van der Waals surface area contributed by atoms with Gasteiger partial charge in [-0.1, -0.05) is 6.07 Å². The molecule has 1 saturated heterocycles. The smallest absolute Gasteiger partial charge is 0.131 e. The fraction of sp³-hybridized carbons (Fsp3) is 0.538. The first-order valence-corrected chi connectivity index (χ1v) is 7.26. The largest absolute Gasteiger partial charge is 0.387 e. The Morgan fingerprint density at radius 3 is 2.67 bits per heavy atom. The van der Waals surface area contributed by atoms with E-state index in [1.54, 1.807) is 0 Å². The number of aliphatic hydroxyl groups is 1. The Bertz CT molecular complexity index is 374. The summed E-state index contributed by atoms with van der Waals surface area (Å²) in [5.41, 5.74) is -0.214. The fourth-order valence-electron chi connectivity index (χ4n) is 2.15. The van der Waals surface area contributed by atoms with E-state index in [0.717, 1.165) is 31.0 Å². The monoisotopic (exact) mass is 273 g/mol. The third kappa shape index (κ3) is 3.43. The maximum Gasteiger partial charge on any atom is 0.131 e. The van der Waals surface area contributed by atoms with E-state index in [0.29, 0.717) is 6.54 Å². The van der Waals surface area contributed by atoms with Crippen molar-refractivity contribution in [2.75, 3.05) is 31.1 Å². The second-order valence-electron chi connectivity index (χ2n) is 4.42. The van der Waals surface area contributed by atoms with Crippen molar-refractivity contribution in [3.8, 4) is 0 Å². The first kappa shape index (κ1) is 13.8. The molecule has 18 heavy (non-hydrogen) atoms. The van der Waals surface area contributed by atoms with E-state index in [9.17, 15) is 13.9 Å². The van der Waals surface area contributed by atoms with Crippen molar-refractivity contribution in [1.29, 1.82) is 0 Å². The molecule has 0 bridgehead atoms. The van der Waals surface area contributed by atoms with Gasteiger partial charge in [-0.2, -0.15) is 11.8 Å². The SMILES string of the molecule is OC(CN1CCCSCC1)c1c(F)cccc1F. The number of aliphatic hydroxyl groups excluding tert-OH is 1. The standard InChI is InChI=1S/C13H17F2NOS/c14-10-3-1-4-11(15)13(10)12(17)9-16-5-2-7-18-8-6-16/h1,3-4,12,17H,2,5-9H2. The average Bonchev–Trinajstić information content (AvgIpc) is 2.57. The summed E-state index contributed by atoms with van der Waals surface area (Å²) in [5.74, 6) is 0.769. The lowest BCUT2D eigenvalue weighted by Gasteiger charge is -2.23. The van der Waals surface area contributed by atoms with Gasteiger partial charge in [0.25, 0.3) is 0 Å². The van der Waals surface area contributed by atoms with Crippen LogP contribution in [0.1, 0.15) is 18.1 Å². The number of hydrogen-bond acceptors (Lipinski definition) is 3. The van der Waals surface area contributed by atoms with Crippen LogP contribution in [0, 0.1) is 11.6 Å². The zero-order chi connectivity index (χ0) is 13.0. The highest BCUT2D eigenvalue weighted by molar-refractivity contribution is 7.99. The molecule has 0 aliphatic carbocycles. The van der Waals surface area contributed by atoms with Gasteiger partial charge in [0.05, 0.1) is 11.7 Å². The molecule has 2 nitrogen and oxygen atoms in total. The molecule has 0 radical (unpaired) electrons. The highest BCUT2D eigenvalue weighted by Crippen LogP contribution is 2.22. The van der Waals surface area contributed by atoms with Crippen LogP contribution in [-0.2, 0) is 0 Å². The summed E-state index contributed by atoms with van der Waals surface area (Å²) in [5, 5.41) is 10.00. The molecule has 0 amide bonds. The van der Waals surface area contributed by atoms with Crippen molar-refractivity contribution in [2.24, 2.45) is 0 Å². The molecule has 100 valence electrons. The van der Waals surface area contributed by atoms with Crippen molar-refractivity contribution < 1.29 is 13.9 Å². The van der Waals surface area contributed by atoms with Gasteiger partial charge < -0.3 is 5.11 Å². The first-order chi connectivity index (χ1) is 8.68. The van der Waals surface area contributed by atoms with Crippen LogP contribution in [0.3, 0.4) is 0 Å². The zero-order valence-electron chi connectivity index (χ0n) is 10.1. The van der Waals surface area contributed by atoms with Crippen LogP contribution in [0.5, 0.6) is 0 Å². The summed E-state index contributed by atoms with van der Waals surface area (Å²) in [6.07, 6.45) is -0.0498. The van der Waals surface area contributed by atoms with E-state index in [4.69, 9.17) is 0 Å². The zero-order valence-corrected chi connectivity index (χ0v) is 10.9. The van der Waals surface area contributed by atoms with Crippen LogP contribution in [0.2, 0.25) is 0 Å². The molecule has 1 aliphatic rings. The second kappa shape index (κ2) is 6.50. The third-order valence-corrected chi connectivity index (χ3v) is 4.13. The second-order valence-corrected chi connectivity index (χ2v) is 5.64. The molecular weight excluding hydrogens is 256 g/mol. The van der Waals surface area contributed by atoms with Gasteiger partial charge in [-0.3, -0.25) is 4.90 Å². The number of hydrogen-bond donors (Lipinski definition) is 1. The van der Waals surface area contributed by atoms with Gasteiger partial charge in [0.2, 0.25) is 0 Å². The van der Waals surface area contributed by atoms with Crippen molar-refractivity contribution in [3.05, 3.63) is 35.4 Å². The van der Waals surface area contributed by atoms with Gasteiger partial charge in [0, 0.05) is 18.8 Å². The number of nitrogens with zero attached hydrogens (tertiary/aromatic N) is 1. The van der Waals surface area contributed by atoms with Gasteiger partial charge in [0.1, 0.15) is 11.6 Å². The summed E-state index contributed by atoms with van der Waals surface area (Å²) < 4.78 is 27.0. The predicted octanol–water partition coefficient (Wildman–Crippen LogP) is 2.44. The Morgan fingerprint density at radius 1 is 1.22 bits per heavy atom. The van der Waals surface area contributed by atoms with E-state index >= 15 is 0 Å². The van der Waals surface area contributed by atoms with Crippen molar-refractivity contribution >= 4 is 11.8 Å². The van der Waals surface area contributed by atoms with E-state index in [-0.39, 0.29) is 5.56 Å². The van der Waals surface area contributed by atoms with Gasteiger partial charge in [-0.25, -0.2) is 8.78 Å². The highest BCUT2D eigenvalue weighted by atomic mass is 32.2. The molecule has 1 heterocycles. The molecule has 1 fully saturated rings. The molecular formula is C13H17F2NOS. The Morgan fingerprint density at radius 2 is 1.94 bits per heavy atom. The lowest BCUT2D eigenvalue weighted by molar-refractivity contribution is 0.111. The fourth-order valence-corrected chi connectivity index (χ4v) is 3.07. The normalized spacial score (nSPS) is 19.5. The highest BCUT2D eigenvalue weighted by Gasteiger charge is 2.21. The maximum atomic E-state index is 13.5. The lowest BCUT2D eigenvalue weighted by atomic mass is 10.1. The van der Waals surface area contributed by atoms with E-state index in [1.807, 2.05) is 11.8 Å². The Balaban J connectivity index is 2.04. The van der Waals surface area contributed by atoms with Crippen LogP contribution in [0.25, 0.3) is 0 Å². The summed E-state index contributed by atoms with van der Waals surface area (Å²) in [6.45, 7) is 2.02. The van der Waals surface area contributed by atoms with Crippen molar-refractivity contribution in [3.63, 3.8) is 0 Å². The number of rotatable bonds is 3. The van der Waals surface area contributed by atoms with E-state index in [2.05, 4.69) is 4.90 Å². The summed E-state index contributed by atoms with van der Waals surface area (Å²) in [7, 11) is 0. The summed E-state index contributed by atoms with van der Waals surface area (Å²) in [4.78, 5) is 2.07. The quantitative estimate of drug-likeness (QED) is 0.915. The van der Waals surface area contributed by atoms with Crippen LogP contribution in [-0.4, -0.2) is 41.1 Å². The molecule has 1 atom stereocenters. The molecule has 2 rings (SSSR count). The minimum absolute atomic E-state index is 0.214. The molecule has 0 saturated carbocycles. The average molecular weight is 273 g/mol. The lowest BCUT2D eigenvalue weighted by Crippen LogP contribution is -2.31. The predicted molar refractivity (Wildman–Crippen MR) is 69.7 cm³/mol. The number of benzene rings is 1. The Kier molecular flexibility index (Phi) is 4.97. The van der Waals surface area contributed by atoms with Crippen LogP contribution in [0.4, 0.5) is 8.78 Å². The number of β-amino-alcohol motifs (C(OH)–C–C–N with tert-alkyl or cyclic N) is 1. The number of halogens is 2. The van der Waals surface area contributed by atoms with Gasteiger partial charge in [-0.05, 0) is 30.9 Å². The van der Waals surface area contributed by atoms with E-state index < -0.39 is 17.7 Å². The molecule has 1 aromatic carbocycles. The van der Waals surface area contributed by atoms with Crippen LogP contribution in [0.15, 0.2) is 18.2 Å². The van der Waals surface area contributed by atoms with Gasteiger partial charge in [0.15, 0.2) is 0 Å². The van der Waals surface area contributed by atoms with Crippen molar-refractivity contribution in [1.82, 2.24) is 4.90 Å². The summed E-state index contributed by atoms with van der Waals surface area (Å²) >= 11 is 1.88. The molecule has 1 unspecified atom stereocenters. The molecule has 1 aliphatic heterocycles. The third-order valence-electron chi connectivity index (χ3n) is 3.08. The Hall–Kier alpha value is -0.650. The van der Waals surface area contributed by atoms with E-state index in [1.165, 1.54) is 18.2 Å². The molecule has 1 aromatic rings. The van der Waals surface area contributed by atoms with Gasteiger partial charge >= 0.3 is 0 Å².